The first-order chi connectivity index (χ1) is 26.3. The summed E-state index contributed by atoms with van der Waals surface area (Å²) in [5, 5.41) is 20.5. The quantitative estimate of drug-likeness (QED) is 0.0726. The number of unbranched alkanes of at least 4 members (excludes halogenated alkanes) is 2. The van der Waals surface area contributed by atoms with E-state index in [4.69, 9.17) is 0 Å². The molecular weight excluding hydrogens is 665 g/mol. The molecule has 0 heterocycles. The molecule has 0 amide bonds. The van der Waals surface area contributed by atoms with Crippen LogP contribution >= 0.6 is 0 Å². The Kier molecular flexibility index (Phi) is 30.5. The first-order valence-corrected chi connectivity index (χ1v) is 22.8. The first kappa shape index (κ1) is 49.9. The van der Waals surface area contributed by atoms with Gasteiger partial charge in [-0.15, -0.1) is 0 Å². The van der Waals surface area contributed by atoms with Gasteiger partial charge in [0.25, 0.3) is 0 Å². The Morgan fingerprint density at radius 2 is 0.648 bits per heavy atom. The minimum atomic E-state index is 0.454. The summed E-state index contributed by atoms with van der Waals surface area (Å²) in [6, 6.07) is 12.5. The zero-order valence-corrected chi connectivity index (χ0v) is 36.9. The van der Waals surface area contributed by atoms with E-state index in [2.05, 4.69) is 99.3 Å². The van der Waals surface area contributed by atoms with Crippen molar-refractivity contribution in [2.24, 2.45) is 0 Å². The van der Waals surface area contributed by atoms with Crippen LogP contribution in [0.1, 0.15) is 155 Å². The van der Waals surface area contributed by atoms with Gasteiger partial charge in [-0.05, 0) is 203 Å². The monoisotopic (exact) mass is 753 g/mol. The molecule has 0 saturated heterocycles. The molecule has 0 spiro atoms. The van der Waals surface area contributed by atoms with Gasteiger partial charge in [0.05, 0.1) is 0 Å². The predicted molar refractivity (Wildman–Crippen MR) is 238 cm³/mol. The van der Waals surface area contributed by atoms with Gasteiger partial charge in [-0.2, -0.15) is 0 Å². The Morgan fingerprint density at radius 1 is 0.333 bits per heavy atom. The van der Waals surface area contributed by atoms with Crippen molar-refractivity contribution in [3.63, 3.8) is 0 Å². The number of aromatic hydroxyl groups is 2. The summed E-state index contributed by atoms with van der Waals surface area (Å²) in [7, 11) is 0. The second-order valence-electron chi connectivity index (χ2n) is 15.7. The lowest BCUT2D eigenvalue weighted by Gasteiger charge is -2.22. The van der Waals surface area contributed by atoms with E-state index in [1.165, 1.54) is 134 Å². The number of hydrogen-bond donors (Lipinski definition) is 2. The van der Waals surface area contributed by atoms with Gasteiger partial charge in [0, 0.05) is 13.1 Å². The highest BCUT2D eigenvalue weighted by molar-refractivity contribution is 5.37. The average molecular weight is 753 g/mol. The molecular formula is C48H88N4O2. The van der Waals surface area contributed by atoms with Crippen LogP contribution in [0, 0.1) is 0 Å². The predicted octanol–water partition coefficient (Wildman–Crippen LogP) is 11.0. The lowest BCUT2D eigenvalue weighted by Crippen LogP contribution is -2.28. The molecule has 2 rings (SSSR count). The molecule has 0 radical (unpaired) electrons. The molecule has 0 unspecified atom stereocenters. The number of aryl methyl sites for hydroxylation is 2. The summed E-state index contributed by atoms with van der Waals surface area (Å²) in [4.78, 5) is 10.2. The fourth-order valence-electron chi connectivity index (χ4n) is 7.74. The van der Waals surface area contributed by atoms with Gasteiger partial charge in [-0.25, -0.2) is 0 Å². The summed E-state index contributed by atoms with van der Waals surface area (Å²) >= 11 is 0. The maximum Gasteiger partial charge on any atom is 0.118 e. The molecule has 0 saturated carbocycles. The molecule has 6 nitrogen and oxygen atoms in total. The minimum Gasteiger partial charge on any atom is -0.508 e. The highest BCUT2D eigenvalue weighted by Crippen LogP contribution is 2.23. The summed E-state index contributed by atoms with van der Waals surface area (Å²) in [5.74, 6) is 0.931. The van der Waals surface area contributed by atoms with Crippen LogP contribution in [-0.4, -0.2) is 108 Å². The molecule has 6 heteroatoms. The van der Waals surface area contributed by atoms with Crippen LogP contribution in [0.25, 0.3) is 0 Å². The molecule has 0 aliphatic carbocycles. The maximum absolute atomic E-state index is 10.3. The molecule has 312 valence electrons. The summed E-state index contributed by atoms with van der Waals surface area (Å²) < 4.78 is 0. The number of benzene rings is 2. The third kappa shape index (κ3) is 23.1. The normalized spacial score (nSPS) is 11.6. The van der Waals surface area contributed by atoms with Gasteiger partial charge >= 0.3 is 0 Å². The van der Waals surface area contributed by atoms with Gasteiger partial charge in [0.1, 0.15) is 11.5 Å². The van der Waals surface area contributed by atoms with Crippen molar-refractivity contribution >= 4 is 0 Å². The van der Waals surface area contributed by atoms with E-state index in [9.17, 15) is 10.2 Å². The molecule has 2 aromatic rings. The summed E-state index contributed by atoms with van der Waals surface area (Å²) in [6.45, 7) is 32.1. The molecule has 0 atom stereocenters. The highest BCUT2D eigenvalue weighted by Gasteiger charge is 2.10. The SMILES string of the molecule is CCCN(CCC)CCCCc1ccc(O)c(CCCCN(CCC)CCC)c1.CCCN(CCC)CCc1ccc(O)c(CCN(CCC)CCC)c1. The zero-order chi connectivity index (χ0) is 39.8. The van der Waals surface area contributed by atoms with Crippen LogP contribution in [0.3, 0.4) is 0 Å². The van der Waals surface area contributed by atoms with Gasteiger partial charge in [0.15, 0.2) is 0 Å². The van der Waals surface area contributed by atoms with Crippen molar-refractivity contribution < 1.29 is 10.2 Å². The van der Waals surface area contributed by atoms with E-state index in [0.717, 1.165) is 69.4 Å². The van der Waals surface area contributed by atoms with Crippen LogP contribution in [0.4, 0.5) is 0 Å². The standard InChI is InChI=1S/C26H48N2O.C22H40N2O/c1-5-17-27(18-6-2)21-11-9-13-24-15-16-26(29)25(23-24)14-10-12-22-28(19-7-3)20-8-4;1-5-13-23(14-6-2)17-11-20-9-10-22(25)21(19-20)12-18-24(15-7-3)16-8-4/h15-16,23,29H,5-14,17-22H2,1-4H3;9-10,19,25H,5-8,11-18H2,1-4H3. The van der Waals surface area contributed by atoms with Gasteiger partial charge < -0.3 is 29.8 Å². The molecule has 0 bridgehead atoms. The highest BCUT2D eigenvalue weighted by atomic mass is 16.3. The van der Waals surface area contributed by atoms with E-state index in [-0.39, 0.29) is 0 Å². The lowest BCUT2D eigenvalue weighted by molar-refractivity contribution is 0.269. The average Bonchev–Trinajstić information content (AvgIpc) is 3.16. The lowest BCUT2D eigenvalue weighted by atomic mass is 10.0. The second-order valence-corrected chi connectivity index (χ2v) is 15.7. The van der Waals surface area contributed by atoms with Crippen molar-refractivity contribution in [2.75, 3.05) is 78.5 Å². The third-order valence-electron chi connectivity index (χ3n) is 10.4. The summed E-state index contributed by atoms with van der Waals surface area (Å²) in [6.07, 6.45) is 18.8. The Balaban J connectivity index is 0.000000546. The third-order valence-corrected chi connectivity index (χ3v) is 10.4. The Hall–Kier alpha value is -2.12. The maximum atomic E-state index is 10.3. The fourth-order valence-corrected chi connectivity index (χ4v) is 7.74. The van der Waals surface area contributed by atoms with E-state index < -0.39 is 0 Å². The van der Waals surface area contributed by atoms with Gasteiger partial charge in [0.2, 0.25) is 0 Å². The van der Waals surface area contributed by atoms with E-state index >= 15 is 0 Å². The number of rotatable bonds is 32. The van der Waals surface area contributed by atoms with E-state index in [1.807, 2.05) is 12.1 Å². The Labute approximate surface area is 335 Å². The smallest absolute Gasteiger partial charge is 0.118 e. The minimum absolute atomic E-state index is 0.454. The molecule has 54 heavy (non-hydrogen) atoms. The number of phenols is 2. The van der Waals surface area contributed by atoms with Crippen molar-refractivity contribution in [2.45, 2.75) is 158 Å². The van der Waals surface area contributed by atoms with Gasteiger partial charge in [-0.1, -0.05) is 79.7 Å². The van der Waals surface area contributed by atoms with E-state index in [1.54, 1.807) is 0 Å². The summed E-state index contributed by atoms with van der Waals surface area (Å²) in [5.41, 5.74) is 4.97. The van der Waals surface area contributed by atoms with Crippen LogP contribution < -0.4 is 0 Å². The Bertz CT molecular complexity index is 1130. The second kappa shape index (κ2) is 33.1. The van der Waals surface area contributed by atoms with E-state index in [0.29, 0.717) is 11.5 Å². The Morgan fingerprint density at radius 3 is 1.04 bits per heavy atom. The van der Waals surface area contributed by atoms with Gasteiger partial charge in [-0.3, -0.25) is 0 Å². The van der Waals surface area contributed by atoms with Crippen LogP contribution in [0.2, 0.25) is 0 Å². The molecule has 2 N–H and O–H groups in total. The van der Waals surface area contributed by atoms with Crippen LogP contribution in [0.15, 0.2) is 36.4 Å². The van der Waals surface area contributed by atoms with Crippen molar-refractivity contribution in [1.82, 2.24) is 19.6 Å². The first-order valence-electron chi connectivity index (χ1n) is 22.8. The molecule has 0 aromatic heterocycles. The van der Waals surface area contributed by atoms with Crippen molar-refractivity contribution in [3.05, 3.63) is 58.7 Å². The van der Waals surface area contributed by atoms with Crippen molar-refractivity contribution in [1.29, 1.82) is 0 Å². The number of hydrogen-bond acceptors (Lipinski definition) is 6. The zero-order valence-electron chi connectivity index (χ0n) is 36.9. The van der Waals surface area contributed by atoms with Crippen LogP contribution in [0.5, 0.6) is 11.5 Å². The topological polar surface area (TPSA) is 53.4 Å². The number of nitrogens with zero attached hydrogens (tertiary/aromatic N) is 4. The molecule has 0 aliphatic heterocycles. The van der Waals surface area contributed by atoms with Crippen molar-refractivity contribution in [3.8, 4) is 11.5 Å². The van der Waals surface area contributed by atoms with Crippen LogP contribution in [-0.2, 0) is 25.7 Å². The largest absolute Gasteiger partial charge is 0.508 e. The number of phenolic OH excluding ortho intramolecular Hbond substituents is 2. The molecule has 2 aromatic carbocycles. The fraction of sp³-hybridized carbons (Fsp3) is 0.750. The molecule has 0 aliphatic rings. The molecule has 0 fully saturated rings.